The summed E-state index contributed by atoms with van der Waals surface area (Å²) in [5.41, 5.74) is 0. The predicted molar refractivity (Wildman–Crippen MR) is 47.3 cm³/mol. The van der Waals surface area contributed by atoms with Gasteiger partial charge in [0, 0.05) is 0 Å². The van der Waals surface area contributed by atoms with Crippen molar-refractivity contribution in [2.75, 3.05) is 0 Å². The van der Waals surface area contributed by atoms with E-state index >= 15 is 0 Å². The van der Waals surface area contributed by atoms with Gasteiger partial charge in [-0.25, -0.2) is 0 Å². The summed E-state index contributed by atoms with van der Waals surface area (Å²) in [6, 6.07) is 16.3. The molecule has 1 aromatic carbocycles. The van der Waals surface area contributed by atoms with Crippen LogP contribution in [0, 0.1) is 6.07 Å². The number of halogens is 2. The molecule has 0 saturated carbocycles. The smallest absolute Gasteiger partial charge is 0.0860 e. The maximum absolute atomic E-state index is 9.75. The average molecular weight is 229 g/mol. The van der Waals surface area contributed by atoms with Crippen LogP contribution in [-0.2, 0) is 20.2 Å². The minimum atomic E-state index is -2.50. The first-order valence-electron chi connectivity index (χ1n) is 3.81. The van der Waals surface area contributed by atoms with Gasteiger partial charge in [-0.05, 0) is 0 Å². The first-order valence-corrected chi connectivity index (χ1v) is 4.99. The fourth-order valence-electron chi connectivity index (χ4n) is 0.590. The predicted octanol–water partition coefficient (Wildman–Crippen LogP) is 2.97. The molecule has 0 unspecified atom stereocenters. The Morgan fingerprint density at radius 2 is 1.36 bits per heavy atom. The van der Waals surface area contributed by atoms with Crippen molar-refractivity contribution in [2.45, 2.75) is 0 Å². The second-order valence-electron chi connectivity index (χ2n) is 1.98. The van der Waals surface area contributed by atoms with Gasteiger partial charge in [-0.1, -0.05) is 12.1 Å². The van der Waals surface area contributed by atoms with E-state index in [-0.39, 0.29) is 0 Å². The van der Waals surface area contributed by atoms with E-state index in [9.17, 15) is 6.18 Å². The van der Waals surface area contributed by atoms with E-state index in [1.165, 1.54) is 0 Å². The van der Waals surface area contributed by atoms with Crippen molar-refractivity contribution in [2.24, 2.45) is 0 Å². The maximum Gasteiger partial charge on any atom is -0.0860 e. The van der Waals surface area contributed by atoms with Gasteiger partial charge in [0.1, 0.15) is 0 Å². The van der Waals surface area contributed by atoms with Gasteiger partial charge >= 0.3 is 26.4 Å². The third kappa shape index (κ3) is 11.1. The molecule has 1 aromatic heterocycles. The summed E-state index contributed by atoms with van der Waals surface area (Å²) >= 11 is -2.50. The molecule has 0 fully saturated rings. The largest absolute Gasteiger partial charge is 0.670 e. The molecule has 0 saturated heterocycles. The summed E-state index contributed by atoms with van der Waals surface area (Å²) in [4.78, 5) is 3.72. The van der Waals surface area contributed by atoms with Crippen LogP contribution in [0.15, 0.2) is 54.9 Å². The Kier molecular flexibility index (Phi) is 11.3. The second-order valence-corrected chi connectivity index (χ2v) is 2.20. The summed E-state index contributed by atoms with van der Waals surface area (Å²) in [5, 5.41) is 0. The summed E-state index contributed by atoms with van der Waals surface area (Å²) < 4.78 is 19.5. The van der Waals surface area contributed by atoms with E-state index in [1.807, 2.05) is 42.5 Å². The van der Waals surface area contributed by atoms with Crippen LogP contribution >= 0.6 is 0 Å². The molecule has 2 aromatic rings. The fourth-order valence-corrected chi connectivity index (χ4v) is 0.590. The Hall–Kier alpha value is -0.926. The van der Waals surface area contributed by atoms with Gasteiger partial charge in [0.15, 0.2) is 0 Å². The standard InChI is InChI=1S/C6H5.C4H4N.2FH.Ti/c1-2-4-6-5-3-1;1-2-4-5-3-1;;;/h1-5H;1-4H;2*1H;/q2*-1;;;+2/p-2. The summed E-state index contributed by atoms with van der Waals surface area (Å²) in [5.74, 6) is 0. The summed E-state index contributed by atoms with van der Waals surface area (Å²) in [6.07, 6.45) is 3.50. The normalized spacial score (nSPS) is 7.29. The van der Waals surface area contributed by atoms with Crippen LogP contribution in [0.25, 0.3) is 0 Å². The third-order valence-electron chi connectivity index (χ3n) is 1.06. The van der Waals surface area contributed by atoms with Crippen LogP contribution in [0.5, 0.6) is 0 Å². The van der Waals surface area contributed by atoms with Crippen molar-refractivity contribution >= 4 is 0 Å². The molecule has 2 rings (SSSR count). The van der Waals surface area contributed by atoms with E-state index in [0.717, 1.165) is 0 Å². The van der Waals surface area contributed by atoms with Crippen molar-refractivity contribution < 1.29 is 26.4 Å². The first kappa shape index (κ1) is 13.1. The van der Waals surface area contributed by atoms with Gasteiger partial charge in [0.05, 0.1) is 0 Å². The van der Waals surface area contributed by atoms with Crippen molar-refractivity contribution in [3.63, 3.8) is 0 Å². The maximum atomic E-state index is 9.75. The molecule has 0 aliphatic carbocycles. The Bertz CT molecular complexity index is 217. The Morgan fingerprint density at radius 1 is 0.857 bits per heavy atom. The van der Waals surface area contributed by atoms with Crippen molar-refractivity contribution in [1.82, 2.24) is 4.98 Å². The van der Waals surface area contributed by atoms with Crippen LogP contribution in [0.1, 0.15) is 0 Å². The molecule has 0 N–H and O–H groups in total. The minimum absolute atomic E-state index is 1.75. The van der Waals surface area contributed by atoms with Crippen LogP contribution in [0.3, 0.4) is 0 Å². The van der Waals surface area contributed by atoms with E-state index in [0.29, 0.717) is 0 Å². The second kappa shape index (κ2) is 12.1. The Morgan fingerprint density at radius 3 is 1.50 bits per heavy atom. The Balaban J connectivity index is 0.000000193. The van der Waals surface area contributed by atoms with Crippen molar-refractivity contribution in [3.8, 4) is 0 Å². The van der Waals surface area contributed by atoms with Crippen LogP contribution in [-0.4, -0.2) is 0 Å². The molecule has 0 radical (unpaired) electrons. The molecule has 74 valence electrons. The van der Waals surface area contributed by atoms with Gasteiger partial charge in [0.2, 0.25) is 0 Å². The van der Waals surface area contributed by atoms with E-state index in [2.05, 4.69) is 11.1 Å². The number of hydrogen-bond donors (Lipinski definition) is 0. The number of hydrogen-bond acceptors (Lipinski definition) is 0. The minimum Gasteiger partial charge on any atom is -0.670 e. The molecule has 4 heteroatoms. The monoisotopic (exact) mass is 229 g/mol. The molecule has 0 bridgehead atoms. The summed E-state index contributed by atoms with van der Waals surface area (Å²) in [6.45, 7) is 0. The van der Waals surface area contributed by atoms with Gasteiger partial charge in [-0.2, -0.15) is 48.8 Å². The number of aromatic nitrogens is 1. The van der Waals surface area contributed by atoms with Crippen LogP contribution in [0.4, 0.5) is 6.18 Å². The molecule has 0 aliphatic rings. The zero-order valence-corrected chi connectivity index (χ0v) is 8.96. The van der Waals surface area contributed by atoms with Crippen LogP contribution < -0.4 is 4.98 Å². The molecule has 14 heavy (non-hydrogen) atoms. The summed E-state index contributed by atoms with van der Waals surface area (Å²) in [7, 11) is 0. The van der Waals surface area contributed by atoms with Crippen LogP contribution in [0.2, 0.25) is 0 Å². The zero-order valence-electron chi connectivity index (χ0n) is 7.40. The van der Waals surface area contributed by atoms with E-state index in [1.54, 1.807) is 12.4 Å². The Labute approximate surface area is 92.4 Å². The van der Waals surface area contributed by atoms with Gasteiger partial charge in [-0.3, -0.25) is 0 Å². The van der Waals surface area contributed by atoms with E-state index < -0.39 is 20.2 Å². The van der Waals surface area contributed by atoms with Gasteiger partial charge < -0.3 is 4.98 Å². The zero-order chi connectivity index (χ0) is 10.5. The molecular formula is C10H9F2NTi-2. The molecule has 0 spiro atoms. The quantitative estimate of drug-likeness (QED) is 0.500. The molecule has 0 atom stereocenters. The fraction of sp³-hybridized carbons (Fsp3) is 0. The molecule has 1 nitrogen and oxygen atoms in total. The van der Waals surface area contributed by atoms with Gasteiger partial charge in [0.25, 0.3) is 0 Å². The topological polar surface area (TPSA) is 14.1 Å². The number of benzene rings is 1. The van der Waals surface area contributed by atoms with E-state index in [4.69, 9.17) is 0 Å². The molecular weight excluding hydrogens is 220 g/mol. The molecule has 1 heterocycles. The van der Waals surface area contributed by atoms with Crippen molar-refractivity contribution in [1.29, 1.82) is 0 Å². The van der Waals surface area contributed by atoms with Crippen molar-refractivity contribution in [3.05, 3.63) is 60.9 Å². The first-order chi connectivity index (χ1) is 6.91. The number of nitrogens with zero attached hydrogens (tertiary/aromatic N) is 1. The third-order valence-corrected chi connectivity index (χ3v) is 1.06. The molecule has 0 amide bonds. The SMILES string of the molecule is [F][Ti][F].[c-]1ccccc1.c1cc[n-]c1. The molecule has 0 aliphatic heterocycles. The van der Waals surface area contributed by atoms with Gasteiger partial charge in [-0.15, -0.1) is 0 Å². The number of rotatable bonds is 0. The average Bonchev–Trinajstić information content (AvgIpc) is 2.80.